The smallest absolute Gasteiger partial charge is 0.178 e. The molecule has 0 aliphatic carbocycles. The lowest BCUT2D eigenvalue weighted by molar-refractivity contribution is 0.403. The molecule has 4 heteroatoms. The first kappa shape index (κ1) is 17.2. The van der Waals surface area contributed by atoms with Crippen molar-refractivity contribution in [2.45, 2.75) is 51.5 Å². The number of nitrogens with one attached hydrogen (secondary N) is 1. The van der Waals surface area contributed by atoms with Gasteiger partial charge in [-0.1, -0.05) is 45.9 Å². The summed E-state index contributed by atoms with van der Waals surface area (Å²) in [6.07, 6.45) is 1.40. The molecule has 0 saturated carbocycles. The summed E-state index contributed by atoms with van der Waals surface area (Å²) in [6.45, 7) is 9.20. The molecule has 1 N–H and O–H groups in total. The highest BCUT2D eigenvalue weighted by Crippen LogP contribution is 2.21. The minimum Gasteiger partial charge on any atom is -0.314 e. The Morgan fingerprint density at radius 1 is 1.15 bits per heavy atom. The maximum absolute atomic E-state index is 12.3. The standard InChI is InChI=1S/C16H27NO2S/c1-5-11-20(18,19)16-10-8-7-9-14(16)12-15(13(3)4)17-6-2/h7-10,13,15,17H,5-6,11-12H2,1-4H3. The van der Waals surface area contributed by atoms with Gasteiger partial charge in [0.05, 0.1) is 10.6 Å². The first-order valence-electron chi connectivity index (χ1n) is 7.46. The summed E-state index contributed by atoms with van der Waals surface area (Å²) in [6, 6.07) is 7.71. The first-order chi connectivity index (χ1) is 9.42. The summed E-state index contributed by atoms with van der Waals surface area (Å²) in [5.41, 5.74) is 0.931. The lowest BCUT2D eigenvalue weighted by Gasteiger charge is -2.23. The molecule has 0 heterocycles. The van der Waals surface area contributed by atoms with E-state index >= 15 is 0 Å². The second-order valence-corrected chi connectivity index (χ2v) is 7.62. The quantitative estimate of drug-likeness (QED) is 0.802. The number of sulfone groups is 1. The van der Waals surface area contributed by atoms with Crippen molar-refractivity contribution >= 4 is 9.84 Å². The van der Waals surface area contributed by atoms with Crippen molar-refractivity contribution in [1.29, 1.82) is 0 Å². The topological polar surface area (TPSA) is 46.2 Å². The van der Waals surface area contributed by atoms with Crippen molar-refractivity contribution < 1.29 is 8.42 Å². The summed E-state index contributed by atoms with van der Waals surface area (Å²) in [7, 11) is -3.16. The van der Waals surface area contributed by atoms with Crippen LogP contribution in [-0.4, -0.2) is 26.8 Å². The molecule has 3 nitrogen and oxygen atoms in total. The van der Waals surface area contributed by atoms with Crippen LogP contribution in [0.1, 0.15) is 39.7 Å². The summed E-state index contributed by atoms with van der Waals surface area (Å²) in [5, 5.41) is 3.45. The van der Waals surface area contributed by atoms with Crippen LogP contribution in [0.2, 0.25) is 0 Å². The fourth-order valence-corrected chi connectivity index (χ4v) is 3.99. The molecular weight excluding hydrogens is 270 g/mol. The molecule has 0 spiro atoms. The van der Waals surface area contributed by atoms with Crippen LogP contribution in [0.25, 0.3) is 0 Å². The zero-order valence-corrected chi connectivity index (χ0v) is 13.8. The van der Waals surface area contributed by atoms with Crippen LogP contribution in [0.15, 0.2) is 29.2 Å². The molecule has 114 valence electrons. The third kappa shape index (κ3) is 4.60. The first-order valence-corrected chi connectivity index (χ1v) is 9.11. The van der Waals surface area contributed by atoms with E-state index in [1.807, 2.05) is 25.1 Å². The molecule has 0 amide bonds. The highest BCUT2D eigenvalue weighted by Gasteiger charge is 2.20. The number of benzene rings is 1. The Morgan fingerprint density at radius 3 is 2.35 bits per heavy atom. The van der Waals surface area contributed by atoms with Crippen LogP contribution in [-0.2, 0) is 16.3 Å². The fourth-order valence-electron chi connectivity index (χ4n) is 2.40. The molecule has 1 unspecified atom stereocenters. The summed E-state index contributed by atoms with van der Waals surface area (Å²) < 4.78 is 24.7. The number of likely N-dealkylation sites (N-methyl/N-ethyl adjacent to an activating group) is 1. The Morgan fingerprint density at radius 2 is 1.80 bits per heavy atom. The maximum Gasteiger partial charge on any atom is 0.178 e. The zero-order valence-electron chi connectivity index (χ0n) is 13.0. The van der Waals surface area contributed by atoms with Gasteiger partial charge in [-0.25, -0.2) is 8.42 Å². The molecule has 1 rings (SSSR count). The minimum atomic E-state index is -3.16. The summed E-state index contributed by atoms with van der Waals surface area (Å²) in [5.74, 6) is 0.689. The van der Waals surface area contributed by atoms with Crippen LogP contribution >= 0.6 is 0 Å². The van der Waals surface area contributed by atoms with E-state index in [0.29, 0.717) is 23.3 Å². The van der Waals surface area contributed by atoms with E-state index in [1.165, 1.54) is 0 Å². The molecular formula is C16H27NO2S. The van der Waals surface area contributed by atoms with Crippen LogP contribution in [0, 0.1) is 5.92 Å². The fraction of sp³-hybridized carbons (Fsp3) is 0.625. The van der Waals surface area contributed by atoms with Crippen LogP contribution < -0.4 is 5.32 Å². The van der Waals surface area contributed by atoms with Crippen molar-refractivity contribution in [1.82, 2.24) is 5.32 Å². The highest BCUT2D eigenvalue weighted by molar-refractivity contribution is 7.91. The predicted molar refractivity (Wildman–Crippen MR) is 84.8 cm³/mol. The average molecular weight is 297 g/mol. The van der Waals surface area contributed by atoms with Gasteiger partial charge in [-0.3, -0.25) is 0 Å². The Balaban J connectivity index is 3.07. The molecule has 0 bridgehead atoms. The maximum atomic E-state index is 12.3. The predicted octanol–water partition coefficient (Wildman–Crippen LogP) is 3.05. The van der Waals surface area contributed by atoms with Crippen LogP contribution in [0.4, 0.5) is 0 Å². The van der Waals surface area contributed by atoms with E-state index in [9.17, 15) is 8.42 Å². The zero-order chi connectivity index (χ0) is 15.2. The van der Waals surface area contributed by atoms with Gasteiger partial charge >= 0.3 is 0 Å². The van der Waals surface area contributed by atoms with Crippen molar-refractivity contribution in [3.63, 3.8) is 0 Å². The molecule has 20 heavy (non-hydrogen) atoms. The molecule has 0 radical (unpaired) electrons. The van der Waals surface area contributed by atoms with Gasteiger partial charge in [-0.15, -0.1) is 0 Å². The van der Waals surface area contributed by atoms with E-state index in [4.69, 9.17) is 0 Å². The van der Waals surface area contributed by atoms with E-state index in [1.54, 1.807) is 6.07 Å². The molecule has 1 aromatic rings. The van der Waals surface area contributed by atoms with Gasteiger partial charge in [0.2, 0.25) is 0 Å². The molecule has 1 atom stereocenters. The Labute approximate surface area is 123 Å². The van der Waals surface area contributed by atoms with Crippen molar-refractivity contribution in [2.75, 3.05) is 12.3 Å². The van der Waals surface area contributed by atoms with Crippen molar-refractivity contribution in [3.8, 4) is 0 Å². The second kappa shape index (κ2) is 7.79. The number of rotatable bonds is 8. The molecule has 0 aromatic heterocycles. The van der Waals surface area contributed by atoms with Gasteiger partial charge in [-0.05, 0) is 36.9 Å². The lowest BCUT2D eigenvalue weighted by atomic mass is 9.96. The molecule has 0 saturated heterocycles. The number of hydrogen-bond acceptors (Lipinski definition) is 3. The monoisotopic (exact) mass is 297 g/mol. The van der Waals surface area contributed by atoms with Gasteiger partial charge in [0.1, 0.15) is 0 Å². The van der Waals surface area contributed by atoms with Crippen LogP contribution in [0.3, 0.4) is 0 Å². The van der Waals surface area contributed by atoms with Crippen LogP contribution in [0.5, 0.6) is 0 Å². The number of hydrogen-bond donors (Lipinski definition) is 1. The molecule has 0 fully saturated rings. The van der Waals surface area contributed by atoms with Crippen molar-refractivity contribution in [2.24, 2.45) is 5.92 Å². The van der Waals surface area contributed by atoms with Gasteiger partial charge in [0.15, 0.2) is 9.84 Å². The Hall–Kier alpha value is -0.870. The van der Waals surface area contributed by atoms with Gasteiger partial charge in [0, 0.05) is 6.04 Å². The third-order valence-corrected chi connectivity index (χ3v) is 5.51. The Bertz CT molecular complexity index is 509. The van der Waals surface area contributed by atoms with Gasteiger partial charge in [0.25, 0.3) is 0 Å². The summed E-state index contributed by atoms with van der Waals surface area (Å²) in [4.78, 5) is 0.505. The van der Waals surface area contributed by atoms with Crippen molar-refractivity contribution in [3.05, 3.63) is 29.8 Å². The lowest BCUT2D eigenvalue weighted by Crippen LogP contribution is -2.36. The SMILES string of the molecule is CCCS(=O)(=O)c1ccccc1CC(NCC)C(C)C. The highest BCUT2D eigenvalue weighted by atomic mass is 32.2. The van der Waals surface area contributed by atoms with E-state index in [0.717, 1.165) is 18.5 Å². The molecule has 0 aliphatic rings. The normalized spacial score (nSPS) is 13.7. The van der Waals surface area contributed by atoms with Gasteiger partial charge < -0.3 is 5.32 Å². The minimum absolute atomic E-state index is 0.220. The summed E-state index contributed by atoms with van der Waals surface area (Å²) >= 11 is 0. The van der Waals surface area contributed by atoms with E-state index < -0.39 is 9.84 Å². The molecule has 0 aliphatic heterocycles. The van der Waals surface area contributed by atoms with Gasteiger partial charge in [-0.2, -0.15) is 0 Å². The van der Waals surface area contributed by atoms with E-state index in [2.05, 4.69) is 26.1 Å². The largest absolute Gasteiger partial charge is 0.314 e. The van der Waals surface area contributed by atoms with E-state index in [-0.39, 0.29) is 5.75 Å². The average Bonchev–Trinajstić information content (AvgIpc) is 2.38. The molecule has 1 aromatic carbocycles. The Kier molecular flexibility index (Phi) is 6.69. The third-order valence-electron chi connectivity index (χ3n) is 3.49. The second-order valence-electron chi connectivity index (χ2n) is 5.54.